The highest BCUT2D eigenvalue weighted by molar-refractivity contribution is 7.88. The molecular weight excluding hydrogens is 683 g/mol. The Morgan fingerprint density at radius 1 is 0.981 bits per heavy atom. The number of methoxy groups -OCH3 is 1. The number of amides is 1. The molecule has 0 aliphatic carbocycles. The van der Waals surface area contributed by atoms with Gasteiger partial charge in [-0.1, -0.05) is 42.5 Å². The van der Waals surface area contributed by atoms with E-state index in [0.717, 1.165) is 66.1 Å². The number of nitrogens with zero attached hydrogens (tertiary/aromatic N) is 2. The number of rotatable bonds is 16. The van der Waals surface area contributed by atoms with E-state index >= 15 is 0 Å². The van der Waals surface area contributed by atoms with Crippen molar-refractivity contribution in [2.75, 3.05) is 64.2 Å². The van der Waals surface area contributed by atoms with Crippen LogP contribution in [0.25, 0.3) is 0 Å². The molecule has 0 saturated carbocycles. The molecule has 11 nitrogen and oxygen atoms in total. The number of benzene rings is 3. The number of likely N-dealkylation sites (tertiary alicyclic amines) is 1. The SMILES string of the molecule is COc1ccccc1COCCCOc1ccc([C@H]2CCN(C(=O)OC(C)(C)C)C[C@@H]2OCc2ccc3c(c2)N(CCNS(C)(=O)=O)CCC3)cc1. The Labute approximate surface area is 309 Å². The zero-order valence-electron chi connectivity index (χ0n) is 31.3. The number of carbonyl (C=O) groups is 1. The summed E-state index contributed by atoms with van der Waals surface area (Å²) < 4.78 is 55.5. The molecule has 0 unspecified atom stereocenters. The number of piperidine rings is 1. The summed E-state index contributed by atoms with van der Waals surface area (Å²) in [6.45, 7) is 10.4. The monoisotopic (exact) mass is 737 g/mol. The summed E-state index contributed by atoms with van der Waals surface area (Å²) in [5.74, 6) is 1.69. The Bertz CT molecular complexity index is 1710. The zero-order valence-corrected chi connectivity index (χ0v) is 32.1. The van der Waals surface area contributed by atoms with Crippen LogP contribution in [-0.2, 0) is 43.9 Å². The van der Waals surface area contributed by atoms with Gasteiger partial charge in [-0.2, -0.15) is 0 Å². The summed E-state index contributed by atoms with van der Waals surface area (Å²) in [4.78, 5) is 17.1. The Morgan fingerprint density at radius 2 is 1.77 bits per heavy atom. The minimum atomic E-state index is -3.25. The molecule has 52 heavy (non-hydrogen) atoms. The molecule has 2 aliphatic heterocycles. The van der Waals surface area contributed by atoms with Gasteiger partial charge in [-0.3, -0.25) is 0 Å². The zero-order chi connectivity index (χ0) is 37.1. The molecule has 1 fully saturated rings. The highest BCUT2D eigenvalue weighted by atomic mass is 32.2. The van der Waals surface area contributed by atoms with Gasteiger partial charge in [0.15, 0.2) is 0 Å². The van der Waals surface area contributed by atoms with E-state index in [2.05, 4.69) is 40.0 Å². The molecule has 0 aromatic heterocycles. The summed E-state index contributed by atoms with van der Waals surface area (Å²) in [5.41, 5.74) is 4.97. The first-order valence-corrected chi connectivity index (χ1v) is 20.1. The number of hydrogen-bond acceptors (Lipinski definition) is 9. The van der Waals surface area contributed by atoms with Crippen molar-refractivity contribution in [1.29, 1.82) is 0 Å². The van der Waals surface area contributed by atoms with E-state index in [9.17, 15) is 13.2 Å². The number of carbonyl (C=O) groups excluding carboxylic acids is 1. The predicted octanol–water partition coefficient (Wildman–Crippen LogP) is 6.29. The average molecular weight is 738 g/mol. The summed E-state index contributed by atoms with van der Waals surface area (Å²) >= 11 is 0. The van der Waals surface area contributed by atoms with Crippen molar-refractivity contribution >= 4 is 21.8 Å². The smallest absolute Gasteiger partial charge is 0.410 e. The molecule has 12 heteroatoms. The van der Waals surface area contributed by atoms with Crippen molar-refractivity contribution in [2.45, 2.75) is 77.3 Å². The second-order valence-electron chi connectivity index (χ2n) is 14.5. The van der Waals surface area contributed by atoms with Crippen molar-refractivity contribution < 1.29 is 36.9 Å². The molecule has 3 aromatic rings. The van der Waals surface area contributed by atoms with Crippen molar-refractivity contribution in [2.24, 2.45) is 0 Å². The first-order valence-electron chi connectivity index (χ1n) is 18.2. The van der Waals surface area contributed by atoms with Gasteiger partial charge in [-0.25, -0.2) is 17.9 Å². The van der Waals surface area contributed by atoms with Crippen LogP contribution in [-0.4, -0.2) is 90.4 Å². The van der Waals surface area contributed by atoms with Crippen molar-refractivity contribution in [3.8, 4) is 11.5 Å². The second-order valence-corrected chi connectivity index (χ2v) is 16.4. The number of fused-ring (bicyclic) bond motifs is 1. The predicted molar refractivity (Wildman–Crippen MR) is 203 cm³/mol. The molecule has 5 rings (SSSR count). The lowest BCUT2D eigenvalue weighted by Gasteiger charge is -2.39. The fourth-order valence-corrected chi connectivity index (χ4v) is 7.18. The quantitative estimate of drug-likeness (QED) is 0.169. The standard InChI is InChI=1S/C40H55N3O8S/c1-40(2,3)51-39(44)43-22-19-35(31-15-17-34(18-16-31)49-25-9-24-48-29-33-10-6-7-12-37(33)47-4)38(27-43)50-28-30-13-14-32-11-8-21-42(36(32)26-30)23-20-41-52(5,45)46/h6-7,10,12-18,26,35,38,41H,8-9,11,19-25,27-29H2,1-5H3/t35-,38+/m1/s1. The van der Waals surface area contributed by atoms with Gasteiger partial charge in [-0.05, 0) is 81.0 Å². The van der Waals surface area contributed by atoms with E-state index < -0.39 is 15.6 Å². The van der Waals surface area contributed by atoms with Gasteiger partial charge in [0.2, 0.25) is 10.0 Å². The summed E-state index contributed by atoms with van der Waals surface area (Å²) in [5, 5.41) is 0. The number of nitrogens with one attached hydrogen (secondary N) is 1. The topological polar surface area (TPSA) is 116 Å². The third kappa shape index (κ3) is 11.8. The molecular formula is C40H55N3O8S. The number of aryl methyl sites for hydroxylation is 1. The molecule has 284 valence electrons. The van der Waals surface area contributed by atoms with E-state index in [0.29, 0.717) is 52.6 Å². The molecule has 0 radical (unpaired) electrons. The summed E-state index contributed by atoms with van der Waals surface area (Å²) in [6, 6.07) is 22.5. The maximum absolute atomic E-state index is 13.1. The maximum atomic E-state index is 13.1. The van der Waals surface area contributed by atoms with Gasteiger partial charge in [0.25, 0.3) is 0 Å². The molecule has 2 atom stereocenters. The van der Waals surface area contributed by atoms with Crippen LogP contribution in [0.4, 0.5) is 10.5 Å². The number of ether oxygens (including phenoxy) is 5. The fourth-order valence-electron chi connectivity index (χ4n) is 6.71. The molecule has 2 heterocycles. The van der Waals surface area contributed by atoms with Crippen LogP contribution in [0.3, 0.4) is 0 Å². The van der Waals surface area contributed by atoms with Crippen LogP contribution >= 0.6 is 0 Å². The number of para-hydroxylation sites is 1. The Hall–Kier alpha value is -3.84. The van der Waals surface area contributed by atoms with Gasteiger partial charge in [-0.15, -0.1) is 0 Å². The number of sulfonamides is 1. The minimum Gasteiger partial charge on any atom is -0.496 e. The van der Waals surface area contributed by atoms with E-state index in [-0.39, 0.29) is 18.1 Å². The largest absolute Gasteiger partial charge is 0.496 e. The van der Waals surface area contributed by atoms with E-state index in [1.807, 2.05) is 57.2 Å². The van der Waals surface area contributed by atoms with Crippen LogP contribution in [0.2, 0.25) is 0 Å². The van der Waals surface area contributed by atoms with Gasteiger partial charge in [0.05, 0.1) is 52.4 Å². The molecule has 0 spiro atoms. The lowest BCUT2D eigenvalue weighted by Crippen LogP contribution is -2.48. The van der Waals surface area contributed by atoms with Gasteiger partial charge < -0.3 is 33.5 Å². The van der Waals surface area contributed by atoms with Crippen molar-refractivity contribution in [3.63, 3.8) is 0 Å². The first kappa shape index (κ1) is 39.4. The highest BCUT2D eigenvalue weighted by Gasteiger charge is 2.35. The van der Waals surface area contributed by atoms with E-state index in [4.69, 9.17) is 23.7 Å². The molecule has 2 aliphatic rings. The maximum Gasteiger partial charge on any atom is 0.410 e. The van der Waals surface area contributed by atoms with E-state index in [1.165, 1.54) is 11.8 Å². The van der Waals surface area contributed by atoms with Crippen molar-refractivity contribution in [3.05, 3.63) is 89.0 Å². The third-order valence-corrected chi connectivity index (χ3v) is 9.97. The summed E-state index contributed by atoms with van der Waals surface area (Å²) in [7, 11) is -1.59. The lowest BCUT2D eigenvalue weighted by atomic mass is 9.87. The van der Waals surface area contributed by atoms with Crippen LogP contribution < -0.4 is 19.1 Å². The highest BCUT2D eigenvalue weighted by Crippen LogP contribution is 2.34. The minimum absolute atomic E-state index is 0.0762. The Balaban J connectivity index is 1.19. The van der Waals surface area contributed by atoms with Crippen molar-refractivity contribution in [1.82, 2.24) is 9.62 Å². The molecule has 1 saturated heterocycles. The average Bonchev–Trinajstić information content (AvgIpc) is 3.11. The lowest BCUT2D eigenvalue weighted by molar-refractivity contribution is -0.0359. The molecule has 1 N–H and O–H groups in total. The normalized spacial score (nSPS) is 17.8. The molecule has 3 aromatic carbocycles. The van der Waals surface area contributed by atoms with Gasteiger partial charge in [0.1, 0.15) is 17.1 Å². The van der Waals surface area contributed by atoms with E-state index in [1.54, 1.807) is 12.0 Å². The Kier molecular flexibility index (Phi) is 13.8. The van der Waals surface area contributed by atoms with Crippen LogP contribution in [0.5, 0.6) is 11.5 Å². The molecule has 0 bridgehead atoms. The van der Waals surface area contributed by atoms with Gasteiger partial charge >= 0.3 is 6.09 Å². The number of anilines is 1. The van der Waals surface area contributed by atoms with Crippen LogP contribution in [0.1, 0.15) is 68.2 Å². The fraction of sp³-hybridized carbons (Fsp3) is 0.525. The third-order valence-electron chi connectivity index (χ3n) is 9.25. The number of hydrogen-bond donors (Lipinski definition) is 1. The molecule has 1 amide bonds. The first-order chi connectivity index (χ1) is 24.9. The van der Waals surface area contributed by atoms with Crippen LogP contribution in [0, 0.1) is 0 Å². The second kappa shape index (κ2) is 18.3. The van der Waals surface area contributed by atoms with Gasteiger partial charge in [0, 0.05) is 49.8 Å². The Morgan fingerprint density at radius 3 is 2.52 bits per heavy atom. The van der Waals surface area contributed by atoms with Crippen LogP contribution in [0.15, 0.2) is 66.7 Å². The summed E-state index contributed by atoms with van der Waals surface area (Å²) in [6.07, 6.45) is 4.10.